The van der Waals surface area contributed by atoms with Crippen LogP contribution in [0.5, 0.6) is 0 Å². The van der Waals surface area contributed by atoms with Gasteiger partial charge in [-0.15, -0.1) is 0 Å². The van der Waals surface area contributed by atoms with Crippen LogP contribution in [-0.2, 0) is 9.59 Å². The Bertz CT molecular complexity index is 546. The van der Waals surface area contributed by atoms with Crippen molar-refractivity contribution in [2.24, 2.45) is 5.92 Å². The molecule has 0 radical (unpaired) electrons. The number of carbonyl (C=O) groups excluding carboxylic acids is 2. The van der Waals surface area contributed by atoms with E-state index in [2.05, 4.69) is 15.8 Å². The number of aryl methyl sites for hydroxylation is 1. The summed E-state index contributed by atoms with van der Waals surface area (Å²) in [5.41, 5.74) is 0. The molecule has 0 aromatic carbocycles. The molecule has 8 nitrogen and oxygen atoms in total. The molecule has 8 heteroatoms. The zero-order valence-electron chi connectivity index (χ0n) is 12.7. The van der Waals surface area contributed by atoms with Gasteiger partial charge in [0.1, 0.15) is 5.76 Å². The molecule has 2 aliphatic rings. The van der Waals surface area contributed by atoms with E-state index in [0.717, 1.165) is 26.2 Å². The molecule has 0 unspecified atom stereocenters. The number of rotatable bonds is 4. The van der Waals surface area contributed by atoms with Gasteiger partial charge in [0.2, 0.25) is 11.8 Å². The van der Waals surface area contributed by atoms with E-state index >= 15 is 0 Å². The van der Waals surface area contributed by atoms with Crippen LogP contribution in [0, 0.1) is 12.8 Å². The van der Waals surface area contributed by atoms with Crippen molar-refractivity contribution in [1.82, 2.24) is 20.3 Å². The summed E-state index contributed by atoms with van der Waals surface area (Å²) < 4.78 is 4.91. The molecule has 1 aromatic heterocycles. The minimum absolute atomic E-state index is 0.115. The first-order valence-electron chi connectivity index (χ1n) is 7.57. The van der Waals surface area contributed by atoms with Gasteiger partial charge in [-0.25, -0.2) is 0 Å². The summed E-state index contributed by atoms with van der Waals surface area (Å²) in [5.74, 6) is 1.36. The fourth-order valence-electron chi connectivity index (χ4n) is 2.66. The number of amides is 2. The Hall–Kier alpha value is -1.93. The largest absolute Gasteiger partial charge is 0.360 e. The molecule has 2 amide bonds. The molecule has 2 aliphatic heterocycles. The van der Waals surface area contributed by atoms with Crippen molar-refractivity contribution in [2.45, 2.75) is 6.92 Å². The number of carbonyl (C=O) groups is 2. The molecule has 3 rings (SSSR count). The number of anilines is 1. The van der Waals surface area contributed by atoms with Crippen LogP contribution in [0.3, 0.4) is 0 Å². The Morgan fingerprint density at radius 3 is 2.64 bits per heavy atom. The van der Waals surface area contributed by atoms with E-state index in [-0.39, 0.29) is 17.7 Å². The second kappa shape index (κ2) is 6.45. The summed E-state index contributed by atoms with van der Waals surface area (Å²) >= 11 is 0. The van der Waals surface area contributed by atoms with E-state index < -0.39 is 0 Å². The Morgan fingerprint density at radius 1 is 1.36 bits per heavy atom. The van der Waals surface area contributed by atoms with Crippen molar-refractivity contribution in [1.29, 1.82) is 0 Å². The average Bonchev–Trinajstić information content (AvgIpc) is 2.82. The summed E-state index contributed by atoms with van der Waals surface area (Å²) in [6.07, 6.45) is 0. The van der Waals surface area contributed by atoms with Crippen molar-refractivity contribution < 1.29 is 14.1 Å². The molecule has 0 spiro atoms. The maximum Gasteiger partial charge on any atom is 0.239 e. The van der Waals surface area contributed by atoms with Crippen LogP contribution < -0.4 is 10.6 Å². The van der Waals surface area contributed by atoms with Gasteiger partial charge in [0.15, 0.2) is 5.82 Å². The molecule has 1 aromatic rings. The quantitative estimate of drug-likeness (QED) is 0.763. The lowest BCUT2D eigenvalue weighted by Gasteiger charge is -2.38. The lowest BCUT2D eigenvalue weighted by atomic mass is 10.0. The smallest absolute Gasteiger partial charge is 0.239 e. The molecule has 3 heterocycles. The summed E-state index contributed by atoms with van der Waals surface area (Å²) in [4.78, 5) is 28.0. The fraction of sp³-hybridized carbons (Fsp3) is 0.643. The van der Waals surface area contributed by atoms with Crippen molar-refractivity contribution in [3.63, 3.8) is 0 Å². The molecule has 0 atom stereocenters. The Morgan fingerprint density at radius 2 is 2.09 bits per heavy atom. The zero-order valence-corrected chi connectivity index (χ0v) is 12.7. The standard InChI is InChI=1S/C14H21N5O3/c1-10-6-12(17-22-10)16-13(20)9-18-2-4-19(5-3-18)14(21)11-7-15-8-11/h6,11,15H,2-5,7-9H2,1H3,(H,16,17,20). The Labute approximate surface area is 128 Å². The maximum absolute atomic E-state index is 12.1. The van der Waals surface area contributed by atoms with Gasteiger partial charge >= 0.3 is 0 Å². The first-order chi connectivity index (χ1) is 10.6. The molecule has 0 saturated carbocycles. The number of piperazine rings is 1. The number of hydrogen-bond donors (Lipinski definition) is 2. The predicted octanol–water partition coefficient (Wildman–Crippen LogP) is -0.715. The van der Waals surface area contributed by atoms with E-state index in [0.29, 0.717) is 31.2 Å². The van der Waals surface area contributed by atoms with Gasteiger partial charge in [-0.05, 0) is 6.92 Å². The van der Waals surface area contributed by atoms with Gasteiger partial charge in [-0.3, -0.25) is 14.5 Å². The minimum Gasteiger partial charge on any atom is -0.360 e. The lowest BCUT2D eigenvalue weighted by molar-refractivity contribution is -0.138. The molecule has 2 saturated heterocycles. The van der Waals surface area contributed by atoms with Crippen LogP contribution in [-0.4, -0.2) is 72.6 Å². The molecular formula is C14H21N5O3. The van der Waals surface area contributed by atoms with E-state index in [9.17, 15) is 9.59 Å². The van der Waals surface area contributed by atoms with Crippen LogP contribution in [0.25, 0.3) is 0 Å². The van der Waals surface area contributed by atoms with Crippen molar-refractivity contribution in [3.05, 3.63) is 11.8 Å². The summed E-state index contributed by atoms with van der Waals surface area (Å²) in [6.45, 7) is 6.47. The number of nitrogens with one attached hydrogen (secondary N) is 2. The second-order valence-corrected chi connectivity index (χ2v) is 5.83. The third kappa shape index (κ3) is 3.45. The first-order valence-corrected chi connectivity index (χ1v) is 7.57. The first kappa shape index (κ1) is 15.0. The van der Waals surface area contributed by atoms with Crippen LogP contribution in [0.15, 0.2) is 10.6 Å². The van der Waals surface area contributed by atoms with Crippen LogP contribution in [0.4, 0.5) is 5.82 Å². The average molecular weight is 307 g/mol. The van der Waals surface area contributed by atoms with Gasteiger partial charge in [0.05, 0.1) is 12.5 Å². The normalized spacial score (nSPS) is 19.8. The second-order valence-electron chi connectivity index (χ2n) is 5.83. The number of aromatic nitrogens is 1. The molecular weight excluding hydrogens is 286 g/mol. The maximum atomic E-state index is 12.1. The fourth-order valence-corrected chi connectivity index (χ4v) is 2.66. The van der Waals surface area contributed by atoms with Gasteiger partial charge in [-0.1, -0.05) is 5.16 Å². The minimum atomic E-state index is -0.115. The Kier molecular flexibility index (Phi) is 4.39. The third-order valence-corrected chi connectivity index (χ3v) is 4.08. The summed E-state index contributed by atoms with van der Waals surface area (Å²) in [5, 5.41) is 9.56. The molecule has 120 valence electrons. The summed E-state index contributed by atoms with van der Waals surface area (Å²) in [6, 6.07) is 1.68. The monoisotopic (exact) mass is 307 g/mol. The van der Waals surface area contributed by atoms with Crippen LogP contribution >= 0.6 is 0 Å². The van der Waals surface area contributed by atoms with E-state index in [1.807, 2.05) is 9.80 Å². The molecule has 0 bridgehead atoms. The van der Waals surface area contributed by atoms with Crippen molar-refractivity contribution in [2.75, 3.05) is 51.1 Å². The highest BCUT2D eigenvalue weighted by Crippen LogP contribution is 2.11. The van der Waals surface area contributed by atoms with Crippen LogP contribution in [0.1, 0.15) is 5.76 Å². The zero-order chi connectivity index (χ0) is 15.5. The van der Waals surface area contributed by atoms with Crippen molar-refractivity contribution >= 4 is 17.6 Å². The lowest BCUT2D eigenvalue weighted by Crippen LogP contribution is -2.57. The topological polar surface area (TPSA) is 90.7 Å². The van der Waals surface area contributed by atoms with Crippen molar-refractivity contribution in [3.8, 4) is 0 Å². The number of nitrogens with zero attached hydrogens (tertiary/aromatic N) is 3. The predicted molar refractivity (Wildman–Crippen MR) is 79.2 cm³/mol. The summed E-state index contributed by atoms with van der Waals surface area (Å²) in [7, 11) is 0. The molecule has 2 N–H and O–H groups in total. The SMILES string of the molecule is Cc1cc(NC(=O)CN2CCN(C(=O)C3CNC3)CC2)no1. The Balaban J connectivity index is 1.41. The number of hydrogen-bond acceptors (Lipinski definition) is 6. The highest BCUT2D eigenvalue weighted by Gasteiger charge is 2.31. The van der Waals surface area contributed by atoms with Crippen LogP contribution in [0.2, 0.25) is 0 Å². The van der Waals surface area contributed by atoms with E-state index in [1.165, 1.54) is 0 Å². The third-order valence-electron chi connectivity index (χ3n) is 4.08. The molecule has 0 aliphatic carbocycles. The van der Waals surface area contributed by atoms with Gasteiger partial charge in [0, 0.05) is 45.3 Å². The van der Waals surface area contributed by atoms with Gasteiger partial charge < -0.3 is 20.1 Å². The molecule has 2 fully saturated rings. The highest BCUT2D eigenvalue weighted by atomic mass is 16.5. The molecule has 22 heavy (non-hydrogen) atoms. The van der Waals surface area contributed by atoms with Gasteiger partial charge in [0.25, 0.3) is 0 Å². The highest BCUT2D eigenvalue weighted by molar-refractivity contribution is 5.91. The van der Waals surface area contributed by atoms with E-state index in [4.69, 9.17) is 4.52 Å². The van der Waals surface area contributed by atoms with Gasteiger partial charge in [-0.2, -0.15) is 0 Å². The van der Waals surface area contributed by atoms with E-state index in [1.54, 1.807) is 13.0 Å².